The van der Waals surface area contributed by atoms with Gasteiger partial charge in [0.15, 0.2) is 0 Å². The van der Waals surface area contributed by atoms with E-state index in [-0.39, 0.29) is 11.9 Å². The SMILES string of the molecule is Cc1c(F)cccc1NC(CC#N)c1ccccc1. The van der Waals surface area contributed by atoms with Gasteiger partial charge < -0.3 is 5.32 Å². The van der Waals surface area contributed by atoms with Crippen LogP contribution in [-0.2, 0) is 0 Å². The molecule has 2 aromatic rings. The largest absolute Gasteiger partial charge is 0.377 e. The summed E-state index contributed by atoms with van der Waals surface area (Å²) in [5.74, 6) is -0.242. The van der Waals surface area contributed by atoms with E-state index in [0.29, 0.717) is 12.0 Å². The van der Waals surface area contributed by atoms with E-state index in [2.05, 4.69) is 11.4 Å². The van der Waals surface area contributed by atoms with Gasteiger partial charge in [0.05, 0.1) is 18.5 Å². The minimum absolute atomic E-state index is 0.133. The van der Waals surface area contributed by atoms with Gasteiger partial charge in [-0.05, 0) is 24.6 Å². The summed E-state index contributed by atoms with van der Waals surface area (Å²) in [6, 6.07) is 16.7. The third-order valence-corrected chi connectivity index (χ3v) is 3.09. The summed E-state index contributed by atoms with van der Waals surface area (Å²) in [4.78, 5) is 0. The molecule has 0 saturated carbocycles. The number of benzene rings is 2. The Kier molecular flexibility index (Phi) is 4.15. The molecule has 0 aromatic heterocycles. The number of nitrogens with one attached hydrogen (secondary N) is 1. The summed E-state index contributed by atoms with van der Waals surface area (Å²) in [6.07, 6.45) is 0.333. The Morgan fingerprint density at radius 2 is 1.89 bits per heavy atom. The lowest BCUT2D eigenvalue weighted by Gasteiger charge is -2.19. The van der Waals surface area contributed by atoms with Crippen molar-refractivity contribution in [2.24, 2.45) is 0 Å². The van der Waals surface area contributed by atoms with Crippen molar-refractivity contribution in [3.8, 4) is 6.07 Å². The van der Waals surface area contributed by atoms with Crippen LogP contribution in [0.3, 0.4) is 0 Å². The van der Waals surface area contributed by atoms with Gasteiger partial charge in [0.2, 0.25) is 0 Å². The van der Waals surface area contributed by atoms with Crippen molar-refractivity contribution in [3.63, 3.8) is 0 Å². The molecule has 0 aliphatic heterocycles. The van der Waals surface area contributed by atoms with E-state index in [9.17, 15) is 4.39 Å². The molecule has 0 aliphatic rings. The summed E-state index contributed by atoms with van der Waals surface area (Å²) in [5, 5.41) is 12.2. The summed E-state index contributed by atoms with van der Waals surface area (Å²) < 4.78 is 13.5. The Labute approximate surface area is 112 Å². The summed E-state index contributed by atoms with van der Waals surface area (Å²) >= 11 is 0. The standard InChI is InChI=1S/C16H15FN2/c1-12-14(17)8-5-9-15(12)19-16(10-11-18)13-6-3-2-4-7-13/h2-9,16,19H,10H2,1H3. The zero-order valence-electron chi connectivity index (χ0n) is 10.7. The second kappa shape index (κ2) is 6.01. The van der Waals surface area contributed by atoms with Crippen molar-refractivity contribution in [3.05, 3.63) is 65.5 Å². The Hall–Kier alpha value is -2.34. The maximum Gasteiger partial charge on any atom is 0.128 e. The molecule has 0 saturated heterocycles. The summed E-state index contributed by atoms with van der Waals surface area (Å²) in [5.41, 5.74) is 2.32. The second-order valence-corrected chi connectivity index (χ2v) is 4.38. The average Bonchev–Trinajstić information content (AvgIpc) is 2.44. The molecule has 2 nitrogen and oxygen atoms in total. The van der Waals surface area contributed by atoms with Crippen molar-refractivity contribution >= 4 is 5.69 Å². The van der Waals surface area contributed by atoms with Gasteiger partial charge in [0, 0.05) is 11.3 Å². The zero-order chi connectivity index (χ0) is 13.7. The molecular weight excluding hydrogens is 239 g/mol. The number of rotatable bonds is 4. The molecule has 19 heavy (non-hydrogen) atoms. The highest BCUT2D eigenvalue weighted by Crippen LogP contribution is 2.25. The first kappa shape index (κ1) is 13.1. The number of anilines is 1. The molecule has 1 unspecified atom stereocenters. The van der Waals surface area contributed by atoms with E-state index in [0.717, 1.165) is 11.3 Å². The van der Waals surface area contributed by atoms with Crippen LogP contribution >= 0.6 is 0 Å². The van der Waals surface area contributed by atoms with Crippen LogP contribution in [0, 0.1) is 24.1 Å². The van der Waals surface area contributed by atoms with Crippen LogP contribution in [0.1, 0.15) is 23.6 Å². The first-order valence-electron chi connectivity index (χ1n) is 6.16. The number of hydrogen-bond donors (Lipinski definition) is 1. The third kappa shape index (κ3) is 3.11. The predicted octanol–water partition coefficient (Wildman–Crippen LogP) is 4.20. The lowest BCUT2D eigenvalue weighted by molar-refractivity contribution is 0.618. The van der Waals surface area contributed by atoms with Crippen LogP contribution in [0.4, 0.5) is 10.1 Å². The molecule has 0 amide bonds. The molecule has 0 aliphatic carbocycles. The number of nitriles is 1. The molecule has 2 rings (SSSR count). The zero-order valence-corrected chi connectivity index (χ0v) is 10.7. The van der Waals surface area contributed by atoms with Crippen LogP contribution in [0.2, 0.25) is 0 Å². The highest BCUT2D eigenvalue weighted by atomic mass is 19.1. The Morgan fingerprint density at radius 3 is 2.58 bits per heavy atom. The van der Waals surface area contributed by atoms with Gasteiger partial charge in [-0.2, -0.15) is 5.26 Å². The van der Waals surface area contributed by atoms with Gasteiger partial charge in [-0.15, -0.1) is 0 Å². The lowest BCUT2D eigenvalue weighted by atomic mass is 10.0. The molecule has 1 atom stereocenters. The minimum atomic E-state index is -0.242. The summed E-state index contributed by atoms with van der Waals surface area (Å²) in [6.45, 7) is 1.73. The Bertz CT molecular complexity index is 587. The van der Waals surface area contributed by atoms with E-state index < -0.39 is 0 Å². The van der Waals surface area contributed by atoms with Crippen molar-refractivity contribution in [1.82, 2.24) is 0 Å². The Morgan fingerprint density at radius 1 is 1.16 bits per heavy atom. The minimum Gasteiger partial charge on any atom is -0.377 e. The van der Waals surface area contributed by atoms with Gasteiger partial charge in [-0.1, -0.05) is 36.4 Å². The number of nitrogens with zero attached hydrogens (tertiary/aromatic N) is 1. The fourth-order valence-electron chi connectivity index (χ4n) is 1.98. The number of hydrogen-bond acceptors (Lipinski definition) is 2. The van der Waals surface area contributed by atoms with E-state index in [1.54, 1.807) is 13.0 Å². The first-order valence-corrected chi connectivity index (χ1v) is 6.16. The highest BCUT2D eigenvalue weighted by molar-refractivity contribution is 5.52. The topological polar surface area (TPSA) is 35.8 Å². The molecule has 3 heteroatoms. The van der Waals surface area contributed by atoms with Crippen molar-refractivity contribution < 1.29 is 4.39 Å². The predicted molar refractivity (Wildman–Crippen MR) is 74.2 cm³/mol. The smallest absolute Gasteiger partial charge is 0.128 e. The van der Waals surface area contributed by atoms with Gasteiger partial charge in [0.25, 0.3) is 0 Å². The normalized spacial score (nSPS) is 11.6. The van der Waals surface area contributed by atoms with Gasteiger partial charge in [-0.25, -0.2) is 4.39 Å². The van der Waals surface area contributed by atoms with E-state index >= 15 is 0 Å². The van der Waals surface area contributed by atoms with E-state index in [4.69, 9.17) is 5.26 Å². The Balaban J connectivity index is 2.27. The molecule has 2 aromatic carbocycles. The van der Waals surface area contributed by atoms with Crippen molar-refractivity contribution in [1.29, 1.82) is 5.26 Å². The molecular formula is C16H15FN2. The molecule has 0 fully saturated rings. The van der Waals surface area contributed by atoms with Gasteiger partial charge in [0.1, 0.15) is 5.82 Å². The lowest BCUT2D eigenvalue weighted by Crippen LogP contribution is -2.11. The molecule has 0 spiro atoms. The fraction of sp³-hybridized carbons (Fsp3) is 0.188. The van der Waals surface area contributed by atoms with Crippen LogP contribution < -0.4 is 5.32 Å². The molecule has 1 N–H and O–H groups in total. The maximum absolute atomic E-state index is 13.5. The van der Waals surface area contributed by atoms with Crippen LogP contribution in [-0.4, -0.2) is 0 Å². The third-order valence-electron chi connectivity index (χ3n) is 3.09. The highest BCUT2D eigenvalue weighted by Gasteiger charge is 2.12. The molecule has 0 radical (unpaired) electrons. The quantitative estimate of drug-likeness (QED) is 0.887. The van der Waals surface area contributed by atoms with Crippen molar-refractivity contribution in [2.45, 2.75) is 19.4 Å². The first-order chi connectivity index (χ1) is 9.22. The molecule has 0 bridgehead atoms. The monoisotopic (exact) mass is 254 g/mol. The fourth-order valence-corrected chi connectivity index (χ4v) is 1.98. The van der Waals surface area contributed by atoms with E-state index in [1.165, 1.54) is 6.07 Å². The number of halogens is 1. The van der Waals surface area contributed by atoms with Gasteiger partial charge >= 0.3 is 0 Å². The molecule has 96 valence electrons. The summed E-state index contributed by atoms with van der Waals surface area (Å²) in [7, 11) is 0. The van der Waals surface area contributed by atoms with Gasteiger partial charge in [-0.3, -0.25) is 0 Å². The van der Waals surface area contributed by atoms with Crippen molar-refractivity contribution in [2.75, 3.05) is 5.32 Å². The van der Waals surface area contributed by atoms with Crippen LogP contribution in [0.25, 0.3) is 0 Å². The van der Waals surface area contributed by atoms with Crippen LogP contribution in [0.15, 0.2) is 48.5 Å². The molecule has 0 heterocycles. The van der Waals surface area contributed by atoms with E-state index in [1.807, 2.05) is 36.4 Å². The average molecular weight is 254 g/mol. The second-order valence-electron chi connectivity index (χ2n) is 4.38. The van der Waals surface area contributed by atoms with Crippen LogP contribution in [0.5, 0.6) is 0 Å². The maximum atomic E-state index is 13.5.